The van der Waals surface area contributed by atoms with E-state index >= 15 is 0 Å². The molecule has 3 rings (SSSR count). The van der Waals surface area contributed by atoms with Gasteiger partial charge in [0.1, 0.15) is 5.82 Å². The van der Waals surface area contributed by atoms with Crippen LogP contribution >= 0.6 is 12.4 Å². The first-order chi connectivity index (χ1) is 12.6. The van der Waals surface area contributed by atoms with Gasteiger partial charge in [-0.15, -0.1) is 12.4 Å². The molecule has 3 aromatic rings. The van der Waals surface area contributed by atoms with Crippen LogP contribution in [-0.2, 0) is 6.42 Å². The topological polar surface area (TPSA) is 41.1 Å². The Kier molecular flexibility index (Phi) is 7.19. The molecule has 0 aliphatic heterocycles. The number of nitrogens with one attached hydrogen (secondary N) is 1. The van der Waals surface area contributed by atoms with Gasteiger partial charge in [0.2, 0.25) is 5.95 Å². The SMILES string of the molecule is CCCc1c(C)nc(Nc2ccccc2C)nc1N(C)c1ccccc1.Cl. The molecule has 0 saturated carbocycles. The zero-order chi connectivity index (χ0) is 18.5. The normalized spacial score (nSPS) is 10.2. The molecular formula is C22H27ClN4. The highest BCUT2D eigenvalue weighted by molar-refractivity contribution is 5.85. The molecule has 0 fully saturated rings. The number of aryl methyl sites for hydroxylation is 2. The third kappa shape index (κ3) is 4.77. The van der Waals surface area contributed by atoms with Gasteiger partial charge in [-0.2, -0.15) is 4.98 Å². The Balaban J connectivity index is 0.00000261. The molecule has 27 heavy (non-hydrogen) atoms. The van der Waals surface area contributed by atoms with Crippen molar-refractivity contribution in [2.45, 2.75) is 33.6 Å². The number of para-hydroxylation sites is 2. The molecule has 0 amide bonds. The smallest absolute Gasteiger partial charge is 0.229 e. The fraction of sp³-hybridized carbons (Fsp3) is 0.273. The molecule has 2 aromatic carbocycles. The lowest BCUT2D eigenvalue weighted by atomic mass is 10.1. The lowest BCUT2D eigenvalue weighted by molar-refractivity contribution is 0.876. The fourth-order valence-electron chi connectivity index (χ4n) is 3.06. The van der Waals surface area contributed by atoms with Gasteiger partial charge in [-0.3, -0.25) is 0 Å². The fourth-order valence-corrected chi connectivity index (χ4v) is 3.06. The molecule has 0 saturated heterocycles. The molecule has 0 unspecified atom stereocenters. The summed E-state index contributed by atoms with van der Waals surface area (Å²) in [6.45, 7) is 6.33. The largest absolute Gasteiger partial charge is 0.329 e. The van der Waals surface area contributed by atoms with Gasteiger partial charge in [0.25, 0.3) is 0 Å². The molecule has 1 heterocycles. The van der Waals surface area contributed by atoms with Crippen LogP contribution < -0.4 is 10.2 Å². The third-order valence-corrected chi connectivity index (χ3v) is 4.54. The summed E-state index contributed by atoms with van der Waals surface area (Å²) in [4.78, 5) is 11.7. The number of aromatic nitrogens is 2. The Labute approximate surface area is 168 Å². The molecular weight excluding hydrogens is 356 g/mol. The number of nitrogens with zero attached hydrogens (tertiary/aromatic N) is 3. The lowest BCUT2D eigenvalue weighted by Gasteiger charge is -2.23. The van der Waals surface area contributed by atoms with Crippen LogP contribution in [-0.4, -0.2) is 17.0 Å². The van der Waals surface area contributed by atoms with Crippen LogP contribution in [0.4, 0.5) is 23.1 Å². The van der Waals surface area contributed by atoms with E-state index in [0.717, 1.165) is 35.7 Å². The van der Waals surface area contributed by atoms with Gasteiger partial charge < -0.3 is 10.2 Å². The minimum Gasteiger partial charge on any atom is -0.329 e. The third-order valence-electron chi connectivity index (χ3n) is 4.54. The number of benzene rings is 2. The quantitative estimate of drug-likeness (QED) is 0.569. The van der Waals surface area contributed by atoms with E-state index in [1.807, 2.05) is 30.3 Å². The van der Waals surface area contributed by atoms with E-state index in [4.69, 9.17) is 9.97 Å². The second-order valence-corrected chi connectivity index (χ2v) is 6.52. The Morgan fingerprint density at radius 1 is 0.926 bits per heavy atom. The molecule has 142 valence electrons. The van der Waals surface area contributed by atoms with Gasteiger partial charge in [-0.25, -0.2) is 4.98 Å². The van der Waals surface area contributed by atoms with Gasteiger partial charge in [-0.1, -0.05) is 49.7 Å². The number of halogens is 1. The summed E-state index contributed by atoms with van der Waals surface area (Å²) >= 11 is 0. The van der Waals surface area contributed by atoms with Crippen molar-refractivity contribution >= 4 is 35.5 Å². The Hall–Kier alpha value is -2.59. The van der Waals surface area contributed by atoms with Gasteiger partial charge in [0.05, 0.1) is 0 Å². The summed E-state index contributed by atoms with van der Waals surface area (Å²) in [6, 6.07) is 18.5. The van der Waals surface area contributed by atoms with E-state index in [0.29, 0.717) is 5.95 Å². The van der Waals surface area contributed by atoms with Crippen molar-refractivity contribution < 1.29 is 0 Å². The number of hydrogen-bond donors (Lipinski definition) is 1. The number of rotatable bonds is 6. The van der Waals surface area contributed by atoms with Crippen LogP contribution in [0.5, 0.6) is 0 Å². The van der Waals surface area contributed by atoms with E-state index in [9.17, 15) is 0 Å². The molecule has 0 spiro atoms. The van der Waals surface area contributed by atoms with E-state index in [2.05, 4.69) is 62.3 Å². The standard InChI is InChI=1S/C22H26N4.ClH/c1-5-11-19-17(3)23-22(24-20-15-10-9-12-16(20)2)25-21(19)26(4)18-13-7-6-8-14-18;/h6-10,12-15H,5,11H2,1-4H3,(H,23,24,25);1H. The van der Waals surface area contributed by atoms with Gasteiger partial charge in [-0.05, 0) is 44.0 Å². The second kappa shape index (κ2) is 9.38. The van der Waals surface area contributed by atoms with Gasteiger partial charge in [0, 0.05) is 29.7 Å². The molecule has 0 atom stereocenters. The highest BCUT2D eigenvalue weighted by Gasteiger charge is 2.16. The summed E-state index contributed by atoms with van der Waals surface area (Å²) in [5.74, 6) is 1.59. The highest BCUT2D eigenvalue weighted by Crippen LogP contribution is 2.29. The maximum absolute atomic E-state index is 4.87. The molecule has 1 aromatic heterocycles. The second-order valence-electron chi connectivity index (χ2n) is 6.52. The number of anilines is 4. The molecule has 4 nitrogen and oxygen atoms in total. The van der Waals surface area contributed by atoms with Crippen molar-refractivity contribution in [2.24, 2.45) is 0 Å². The Bertz CT molecular complexity index is 881. The monoisotopic (exact) mass is 382 g/mol. The lowest BCUT2D eigenvalue weighted by Crippen LogP contribution is -2.16. The van der Waals surface area contributed by atoms with Crippen LogP contribution in [0.25, 0.3) is 0 Å². The van der Waals surface area contributed by atoms with Crippen LogP contribution in [0.1, 0.15) is 30.2 Å². The first kappa shape index (κ1) is 20.7. The molecule has 0 aliphatic rings. The van der Waals surface area contributed by atoms with Crippen LogP contribution in [0, 0.1) is 13.8 Å². The molecule has 1 N–H and O–H groups in total. The molecule has 0 bridgehead atoms. The van der Waals surface area contributed by atoms with E-state index in [-0.39, 0.29) is 12.4 Å². The van der Waals surface area contributed by atoms with Crippen LogP contribution in [0.2, 0.25) is 0 Å². The maximum Gasteiger partial charge on any atom is 0.229 e. The van der Waals surface area contributed by atoms with Crippen molar-refractivity contribution in [3.8, 4) is 0 Å². The summed E-state index contributed by atoms with van der Waals surface area (Å²) in [5.41, 5.74) is 5.54. The van der Waals surface area contributed by atoms with Crippen molar-refractivity contribution in [2.75, 3.05) is 17.3 Å². The number of hydrogen-bond acceptors (Lipinski definition) is 4. The molecule has 0 aliphatic carbocycles. The summed E-state index contributed by atoms with van der Waals surface area (Å²) < 4.78 is 0. The highest BCUT2D eigenvalue weighted by atomic mass is 35.5. The van der Waals surface area contributed by atoms with Crippen molar-refractivity contribution in [1.82, 2.24) is 9.97 Å². The van der Waals surface area contributed by atoms with Crippen molar-refractivity contribution in [1.29, 1.82) is 0 Å². The Morgan fingerprint density at radius 2 is 1.59 bits per heavy atom. The average Bonchev–Trinajstić information content (AvgIpc) is 2.66. The van der Waals surface area contributed by atoms with E-state index in [1.54, 1.807) is 0 Å². The van der Waals surface area contributed by atoms with Gasteiger partial charge >= 0.3 is 0 Å². The minimum atomic E-state index is 0. The average molecular weight is 383 g/mol. The van der Waals surface area contributed by atoms with Crippen molar-refractivity contribution in [3.05, 3.63) is 71.4 Å². The predicted octanol–water partition coefficient (Wildman–Crippen LogP) is 5.98. The summed E-state index contributed by atoms with van der Waals surface area (Å²) in [6.07, 6.45) is 2.02. The summed E-state index contributed by atoms with van der Waals surface area (Å²) in [5, 5.41) is 3.38. The Morgan fingerprint density at radius 3 is 2.26 bits per heavy atom. The van der Waals surface area contributed by atoms with E-state index in [1.165, 1.54) is 11.1 Å². The van der Waals surface area contributed by atoms with Crippen LogP contribution in [0.3, 0.4) is 0 Å². The minimum absolute atomic E-state index is 0. The predicted molar refractivity (Wildman–Crippen MR) is 117 cm³/mol. The van der Waals surface area contributed by atoms with Gasteiger partial charge in [0.15, 0.2) is 0 Å². The zero-order valence-electron chi connectivity index (χ0n) is 16.4. The van der Waals surface area contributed by atoms with Crippen molar-refractivity contribution in [3.63, 3.8) is 0 Å². The zero-order valence-corrected chi connectivity index (χ0v) is 17.2. The van der Waals surface area contributed by atoms with E-state index < -0.39 is 0 Å². The van der Waals surface area contributed by atoms with Crippen LogP contribution in [0.15, 0.2) is 54.6 Å². The molecule has 5 heteroatoms. The first-order valence-electron chi connectivity index (χ1n) is 9.09. The first-order valence-corrected chi connectivity index (χ1v) is 9.09. The summed E-state index contributed by atoms with van der Waals surface area (Å²) in [7, 11) is 2.06. The maximum atomic E-state index is 4.87. The molecule has 0 radical (unpaired) electrons.